The first-order chi connectivity index (χ1) is 17.4. The summed E-state index contributed by atoms with van der Waals surface area (Å²) in [6.45, 7) is -0.685. The van der Waals surface area contributed by atoms with Crippen molar-refractivity contribution in [1.82, 2.24) is 15.0 Å². The fourth-order valence-electron chi connectivity index (χ4n) is 3.01. The Labute approximate surface area is 210 Å². The SMILES string of the molecule is CN(c1ncccc1CNc1nc(Nc2ccc(C(=O)OCCO)cc2)ncc1C(F)(F)F)S(C)(=O)=O. The molecular formula is C22H23F3N6O5S. The Bertz CT molecular complexity index is 1350. The molecule has 0 unspecified atom stereocenters. The van der Waals surface area contributed by atoms with E-state index >= 15 is 0 Å². The first kappa shape index (κ1) is 27.6. The number of carbonyl (C=O) groups excluding carboxylic acids is 1. The summed E-state index contributed by atoms with van der Waals surface area (Å²) in [6.07, 6.45) is -1.80. The second-order valence-electron chi connectivity index (χ2n) is 7.59. The van der Waals surface area contributed by atoms with Crippen molar-refractivity contribution in [3.63, 3.8) is 0 Å². The third-order valence-corrected chi connectivity index (χ3v) is 6.07. The number of hydrogen-bond acceptors (Lipinski definition) is 10. The zero-order valence-electron chi connectivity index (χ0n) is 19.7. The number of benzene rings is 1. The lowest BCUT2D eigenvalue weighted by atomic mass is 10.2. The van der Waals surface area contributed by atoms with Crippen LogP contribution in [0.25, 0.3) is 0 Å². The van der Waals surface area contributed by atoms with Gasteiger partial charge < -0.3 is 20.5 Å². The van der Waals surface area contributed by atoms with Crippen LogP contribution in [0.15, 0.2) is 48.8 Å². The standard InChI is InChI=1S/C22H23F3N6O5S/c1-31(37(2,34)35)19-15(4-3-9-26-19)12-27-18-17(22(23,24)25)13-28-21(30-18)29-16-7-5-14(6-8-16)20(33)36-11-10-32/h3-9,13,32H,10-12H2,1-2H3,(H2,27,28,29,30). The average molecular weight is 541 g/mol. The molecule has 0 radical (unpaired) electrons. The predicted molar refractivity (Wildman–Crippen MR) is 129 cm³/mol. The van der Waals surface area contributed by atoms with Gasteiger partial charge in [-0.05, 0) is 30.3 Å². The van der Waals surface area contributed by atoms with E-state index in [9.17, 15) is 26.4 Å². The van der Waals surface area contributed by atoms with Gasteiger partial charge in [0, 0.05) is 37.2 Å². The Morgan fingerprint density at radius 1 is 1.16 bits per heavy atom. The van der Waals surface area contributed by atoms with Crippen LogP contribution >= 0.6 is 0 Å². The highest BCUT2D eigenvalue weighted by atomic mass is 32.2. The summed E-state index contributed by atoms with van der Waals surface area (Å²) in [5.41, 5.74) is -0.211. The lowest BCUT2D eigenvalue weighted by Gasteiger charge is -2.20. The van der Waals surface area contributed by atoms with Crippen molar-refractivity contribution < 1.29 is 36.2 Å². The first-order valence-electron chi connectivity index (χ1n) is 10.6. The van der Waals surface area contributed by atoms with Crippen molar-refractivity contribution in [1.29, 1.82) is 0 Å². The maximum atomic E-state index is 13.6. The van der Waals surface area contributed by atoms with Gasteiger partial charge in [-0.1, -0.05) is 6.07 Å². The van der Waals surface area contributed by atoms with E-state index < -0.39 is 33.6 Å². The van der Waals surface area contributed by atoms with E-state index in [1.807, 2.05) is 0 Å². The molecule has 15 heteroatoms. The summed E-state index contributed by atoms with van der Waals surface area (Å²) in [6, 6.07) is 8.86. The van der Waals surface area contributed by atoms with Gasteiger partial charge in [-0.15, -0.1) is 0 Å². The summed E-state index contributed by atoms with van der Waals surface area (Å²) in [7, 11) is -2.38. The van der Waals surface area contributed by atoms with Gasteiger partial charge >= 0.3 is 12.1 Å². The van der Waals surface area contributed by atoms with E-state index in [4.69, 9.17) is 9.84 Å². The van der Waals surface area contributed by atoms with Crippen LogP contribution in [0, 0.1) is 0 Å². The number of aromatic nitrogens is 3. The predicted octanol–water partition coefficient (Wildman–Crippen LogP) is 2.79. The second-order valence-corrected chi connectivity index (χ2v) is 9.60. The monoisotopic (exact) mass is 540 g/mol. The molecule has 0 aliphatic carbocycles. The van der Waals surface area contributed by atoms with Crippen LogP contribution in [-0.2, 0) is 27.5 Å². The van der Waals surface area contributed by atoms with Crippen LogP contribution in [-0.4, -0.2) is 61.0 Å². The zero-order valence-corrected chi connectivity index (χ0v) is 20.5. The topological polar surface area (TPSA) is 147 Å². The molecule has 0 spiro atoms. The largest absolute Gasteiger partial charge is 0.460 e. The number of esters is 1. The normalized spacial score (nSPS) is 11.6. The minimum absolute atomic E-state index is 0.0519. The number of carbonyl (C=O) groups is 1. The lowest BCUT2D eigenvalue weighted by molar-refractivity contribution is -0.137. The third-order valence-electron chi connectivity index (χ3n) is 4.90. The molecule has 0 saturated heterocycles. The van der Waals surface area contributed by atoms with Crippen molar-refractivity contribution in [2.24, 2.45) is 0 Å². The molecule has 198 valence electrons. The van der Waals surface area contributed by atoms with Crippen molar-refractivity contribution in [3.05, 3.63) is 65.5 Å². The molecule has 0 bridgehead atoms. The number of aliphatic hydroxyl groups excluding tert-OH is 1. The number of sulfonamides is 1. The van der Waals surface area contributed by atoms with E-state index in [-0.39, 0.29) is 37.1 Å². The quantitative estimate of drug-likeness (QED) is 0.328. The average Bonchev–Trinajstić information content (AvgIpc) is 2.85. The van der Waals surface area contributed by atoms with Crippen molar-refractivity contribution in [2.75, 3.05) is 41.5 Å². The van der Waals surface area contributed by atoms with E-state index in [2.05, 4.69) is 25.6 Å². The summed E-state index contributed by atoms with van der Waals surface area (Å²) in [4.78, 5) is 23.5. The summed E-state index contributed by atoms with van der Waals surface area (Å²) in [5, 5.41) is 14.1. The number of anilines is 4. The van der Waals surface area contributed by atoms with Gasteiger partial charge in [0.2, 0.25) is 16.0 Å². The van der Waals surface area contributed by atoms with Crippen molar-refractivity contribution in [2.45, 2.75) is 12.7 Å². The second kappa shape index (κ2) is 11.4. The molecule has 2 aromatic heterocycles. The molecule has 0 amide bonds. The molecule has 37 heavy (non-hydrogen) atoms. The highest BCUT2D eigenvalue weighted by Gasteiger charge is 2.35. The molecule has 3 N–H and O–H groups in total. The molecule has 3 rings (SSSR count). The number of hydrogen-bond donors (Lipinski definition) is 3. The van der Waals surface area contributed by atoms with Crippen LogP contribution < -0.4 is 14.9 Å². The molecule has 0 aliphatic heterocycles. The zero-order chi connectivity index (χ0) is 27.2. The Kier molecular flexibility index (Phi) is 8.49. The van der Waals surface area contributed by atoms with Crippen LogP contribution in [0.4, 0.5) is 36.4 Å². The van der Waals surface area contributed by atoms with E-state index in [0.717, 1.165) is 10.6 Å². The Balaban J connectivity index is 1.84. The Morgan fingerprint density at radius 3 is 2.49 bits per heavy atom. The number of ether oxygens (including phenoxy) is 1. The minimum Gasteiger partial charge on any atom is -0.460 e. The molecule has 0 atom stereocenters. The van der Waals surface area contributed by atoms with Crippen LogP contribution in [0.1, 0.15) is 21.5 Å². The number of nitrogens with one attached hydrogen (secondary N) is 2. The van der Waals surface area contributed by atoms with E-state index in [1.54, 1.807) is 0 Å². The Morgan fingerprint density at radius 2 is 1.86 bits per heavy atom. The minimum atomic E-state index is -4.77. The molecule has 3 aromatic rings. The van der Waals surface area contributed by atoms with Crippen LogP contribution in [0.3, 0.4) is 0 Å². The van der Waals surface area contributed by atoms with Gasteiger partial charge in [0.05, 0.1) is 18.4 Å². The highest BCUT2D eigenvalue weighted by Crippen LogP contribution is 2.34. The molecule has 0 saturated carbocycles. The van der Waals surface area contributed by atoms with E-state index in [0.29, 0.717) is 17.4 Å². The number of pyridine rings is 1. The lowest BCUT2D eigenvalue weighted by Crippen LogP contribution is -2.27. The highest BCUT2D eigenvalue weighted by molar-refractivity contribution is 7.92. The number of halogens is 3. The van der Waals surface area contributed by atoms with Gasteiger partial charge in [-0.3, -0.25) is 4.31 Å². The van der Waals surface area contributed by atoms with E-state index in [1.165, 1.54) is 49.6 Å². The molecule has 0 fully saturated rings. The summed E-state index contributed by atoms with van der Waals surface area (Å²) >= 11 is 0. The fourth-order valence-corrected chi connectivity index (χ4v) is 3.49. The molecule has 1 aromatic carbocycles. The fraction of sp³-hybridized carbons (Fsp3) is 0.273. The number of alkyl halides is 3. The van der Waals surface area contributed by atoms with Gasteiger partial charge in [-0.2, -0.15) is 18.2 Å². The van der Waals surface area contributed by atoms with Gasteiger partial charge in [0.1, 0.15) is 23.8 Å². The number of nitrogens with zero attached hydrogens (tertiary/aromatic N) is 4. The number of aliphatic hydroxyl groups is 1. The van der Waals surface area contributed by atoms with Crippen LogP contribution in [0.5, 0.6) is 0 Å². The first-order valence-corrected chi connectivity index (χ1v) is 12.5. The summed E-state index contributed by atoms with van der Waals surface area (Å²) in [5.74, 6) is -1.29. The molecular weight excluding hydrogens is 517 g/mol. The van der Waals surface area contributed by atoms with Gasteiger partial charge in [0.15, 0.2) is 0 Å². The Hall–Kier alpha value is -3.98. The molecule has 11 nitrogen and oxygen atoms in total. The van der Waals surface area contributed by atoms with Gasteiger partial charge in [-0.25, -0.2) is 23.2 Å². The summed E-state index contributed by atoms with van der Waals surface area (Å²) < 4.78 is 70.4. The third kappa shape index (κ3) is 7.27. The van der Waals surface area contributed by atoms with Crippen molar-refractivity contribution >= 4 is 39.3 Å². The smallest absolute Gasteiger partial charge is 0.421 e. The number of rotatable bonds is 10. The van der Waals surface area contributed by atoms with Gasteiger partial charge in [0.25, 0.3) is 0 Å². The maximum Gasteiger partial charge on any atom is 0.421 e. The van der Waals surface area contributed by atoms with Crippen LogP contribution in [0.2, 0.25) is 0 Å². The molecule has 0 aliphatic rings. The maximum absolute atomic E-state index is 13.6. The van der Waals surface area contributed by atoms with Crippen molar-refractivity contribution in [3.8, 4) is 0 Å². The molecule has 2 heterocycles.